The first-order valence-corrected chi connectivity index (χ1v) is 9.34. The van der Waals surface area contributed by atoms with E-state index in [1.165, 1.54) is 36.8 Å². The second-order valence-corrected chi connectivity index (χ2v) is 9.33. The van der Waals surface area contributed by atoms with Crippen LogP contribution in [0, 0.1) is 23.2 Å². The van der Waals surface area contributed by atoms with Gasteiger partial charge in [0.1, 0.15) is 5.60 Å². The van der Waals surface area contributed by atoms with Crippen LogP contribution in [0.5, 0.6) is 0 Å². The summed E-state index contributed by atoms with van der Waals surface area (Å²) in [4.78, 5) is 0. The van der Waals surface area contributed by atoms with Crippen LogP contribution in [0.2, 0.25) is 0 Å². The maximum absolute atomic E-state index is 10.9. The lowest BCUT2D eigenvalue weighted by Gasteiger charge is -2.63. The van der Waals surface area contributed by atoms with Gasteiger partial charge in [0, 0.05) is 5.41 Å². The van der Waals surface area contributed by atoms with Crippen molar-refractivity contribution in [3.05, 3.63) is 11.1 Å². The highest BCUT2D eigenvalue weighted by Gasteiger charge is 2.71. The molecule has 2 aliphatic heterocycles. The van der Waals surface area contributed by atoms with Gasteiger partial charge in [-0.1, -0.05) is 33.3 Å². The van der Waals surface area contributed by atoms with E-state index in [0.29, 0.717) is 17.8 Å². The van der Waals surface area contributed by atoms with E-state index in [-0.39, 0.29) is 22.7 Å². The van der Waals surface area contributed by atoms with E-state index in [1.807, 2.05) is 0 Å². The van der Waals surface area contributed by atoms with Crippen LogP contribution in [0.25, 0.3) is 0 Å². The summed E-state index contributed by atoms with van der Waals surface area (Å²) in [7, 11) is 0. The largest absolute Gasteiger partial charge is 0.389 e. The van der Waals surface area contributed by atoms with Gasteiger partial charge in [0.15, 0.2) is 0 Å². The van der Waals surface area contributed by atoms with Crippen LogP contribution < -0.4 is 0 Å². The van der Waals surface area contributed by atoms with Gasteiger partial charge in [-0.05, 0) is 68.8 Å². The molecule has 4 rings (SSSR count). The monoisotopic (exact) mass is 304 g/mol. The first kappa shape index (κ1) is 15.2. The van der Waals surface area contributed by atoms with Gasteiger partial charge in [0.25, 0.3) is 0 Å². The van der Waals surface area contributed by atoms with Crippen molar-refractivity contribution in [1.29, 1.82) is 0 Å². The molecular weight excluding hydrogens is 272 g/mol. The molecule has 0 radical (unpaired) electrons. The molecule has 2 nitrogen and oxygen atoms in total. The Morgan fingerprint density at radius 2 is 1.95 bits per heavy atom. The van der Waals surface area contributed by atoms with Crippen molar-refractivity contribution in [2.24, 2.45) is 23.2 Å². The molecule has 4 aliphatic rings. The van der Waals surface area contributed by atoms with Gasteiger partial charge in [-0.3, -0.25) is 0 Å². The van der Waals surface area contributed by atoms with Crippen molar-refractivity contribution in [3.63, 3.8) is 0 Å². The summed E-state index contributed by atoms with van der Waals surface area (Å²) in [6.07, 6.45) is 6.62. The highest BCUT2D eigenvalue weighted by Crippen LogP contribution is 2.70. The Labute approximate surface area is 135 Å². The molecule has 0 amide bonds. The first-order valence-electron chi connectivity index (χ1n) is 9.34. The lowest BCUT2D eigenvalue weighted by atomic mass is 9.55. The fraction of sp³-hybridized carbons (Fsp3) is 0.900. The second kappa shape index (κ2) is 4.39. The Balaban J connectivity index is 1.88. The first-order chi connectivity index (χ1) is 10.3. The van der Waals surface area contributed by atoms with Gasteiger partial charge < -0.3 is 9.84 Å². The summed E-state index contributed by atoms with van der Waals surface area (Å²) in [5.41, 5.74) is 2.78. The van der Waals surface area contributed by atoms with E-state index in [4.69, 9.17) is 4.74 Å². The van der Waals surface area contributed by atoms with Crippen LogP contribution in [-0.2, 0) is 4.74 Å². The standard InChI is InChI=1S/C20H32O2/c1-12(2)15-7-8-18(5)11-16-13(3)10-17(21)20(16)14(4)6-9-19(15,18)22-20/h12,14-15,17,21H,6-11H2,1-5H3/t14-,15-,17-,18-,19+,20+/m1/s1. The van der Waals surface area contributed by atoms with Crippen molar-refractivity contribution in [2.75, 3.05) is 0 Å². The van der Waals surface area contributed by atoms with Gasteiger partial charge in [-0.2, -0.15) is 0 Å². The Morgan fingerprint density at radius 1 is 1.23 bits per heavy atom. The number of hydrogen-bond acceptors (Lipinski definition) is 2. The van der Waals surface area contributed by atoms with E-state index >= 15 is 0 Å². The Morgan fingerprint density at radius 3 is 2.64 bits per heavy atom. The maximum atomic E-state index is 10.9. The molecule has 1 N–H and O–H groups in total. The summed E-state index contributed by atoms with van der Waals surface area (Å²) in [5, 5.41) is 10.9. The van der Waals surface area contributed by atoms with Gasteiger partial charge in [-0.15, -0.1) is 0 Å². The molecular formula is C20H32O2. The molecule has 0 unspecified atom stereocenters. The number of ether oxygens (including phenoxy) is 1. The summed E-state index contributed by atoms with van der Waals surface area (Å²) in [6.45, 7) is 11.7. The Hall–Kier alpha value is -0.340. The van der Waals surface area contributed by atoms with Gasteiger partial charge in [0.05, 0.1) is 11.7 Å². The fourth-order valence-corrected chi connectivity index (χ4v) is 6.79. The van der Waals surface area contributed by atoms with E-state index in [2.05, 4.69) is 34.6 Å². The molecule has 2 saturated heterocycles. The average Bonchev–Trinajstić information content (AvgIpc) is 2.85. The molecule has 2 bridgehead atoms. The number of rotatable bonds is 1. The van der Waals surface area contributed by atoms with Crippen LogP contribution in [0.4, 0.5) is 0 Å². The smallest absolute Gasteiger partial charge is 0.119 e. The Kier molecular flexibility index (Phi) is 3.03. The predicted octanol–water partition coefficient (Wildman–Crippen LogP) is 4.47. The van der Waals surface area contributed by atoms with Crippen molar-refractivity contribution < 1.29 is 9.84 Å². The predicted molar refractivity (Wildman–Crippen MR) is 88.6 cm³/mol. The zero-order valence-corrected chi connectivity index (χ0v) is 14.9. The summed E-state index contributed by atoms with van der Waals surface area (Å²) in [6, 6.07) is 0. The van der Waals surface area contributed by atoms with Gasteiger partial charge >= 0.3 is 0 Å². The molecule has 2 heterocycles. The third-order valence-corrected chi connectivity index (χ3v) is 8.01. The third kappa shape index (κ3) is 1.50. The maximum Gasteiger partial charge on any atom is 0.119 e. The molecule has 0 aromatic heterocycles. The number of aliphatic hydroxyl groups excluding tert-OH is 1. The molecule has 3 fully saturated rings. The van der Waals surface area contributed by atoms with Gasteiger partial charge in [-0.25, -0.2) is 0 Å². The van der Waals surface area contributed by atoms with E-state index in [1.54, 1.807) is 0 Å². The molecule has 2 aliphatic carbocycles. The zero-order valence-electron chi connectivity index (χ0n) is 14.9. The topological polar surface area (TPSA) is 29.5 Å². The molecule has 2 spiro atoms. The minimum absolute atomic E-state index is 0.00275. The van der Waals surface area contributed by atoms with Crippen molar-refractivity contribution >= 4 is 0 Å². The van der Waals surface area contributed by atoms with Crippen LogP contribution in [0.1, 0.15) is 73.1 Å². The van der Waals surface area contributed by atoms with Crippen molar-refractivity contribution in [1.82, 2.24) is 0 Å². The molecule has 2 heteroatoms. The lowest BCUT2D eigenvalue weighted by molar-refractivity contribution is -0.295. The molecule has 124 valence electrons. The van der Waals surface area contributed by atoms with E-state index in [0.717, 1.165) is 12.8 Å². The average molecular weight is 304 g/mol. The molecule has 6 atom stereocenters. The normalized spacial score (nSPS) is 53.9. The number of hydrogen-bond donors (Lipinski definition) is 1. The summed E-state index contributed by atoms with van der Waals surface area (Å²) in [5.74, 6) is 1.76. The molecule has 0 aromatic carbocycles. The molecule has 0 aromatic rings. The highest BCUT2D eigenvalue weighted by atomic mass is 16.5. The van der Waals surface area contributed by atoms with Crippen LogP contribution >= 0.6 is 0 Å². The van der Waals surface area contributed by atoms with Crippen LogP contribution in [0.15, 0.2) is 11.1 Å². The SMILES string of the molecule is CC1=C2C[C@@]3(C)CC[C@H](C(C)C)[C@@]34CC[C@@H](C)[C@@]2(O4)[C@H](O)C1. The summed E-state index contributed by atoms with van der Waals surface area (Å²) >= 11 is 0. The third-order valence-electron chi connectivity index (χ3n) is 8.01. The second-order valence-electron chi connectivity index (χ2n) is 9.33. The molecule has 1 saturated carbocycles. The zero-order chi connectivity index (χ0) is 15.9. The highest BCUT2D eigenvalue weighted by molar-refractivity contribution is 5.40. The molecule has 22 heavy (non-hydrogen) atoms. The van der Waals surface area contributed by atoms with Crippen LogP contribution in [0.3, 0.4) is 0 Å². The fourth-order valence-electron chi connectivity index (χ4n) is 6.79. The minimum atomic E-state index is -0.362. The van der Waals surface area contributed by atoms with Gasteiger partial charge in [0.2, 0.25) is 0 Å². The Bertz CT molecular complexity index is 536. The number of aliphatic hydroxyl groups is 1. The van der Waals surface area contributed by atoms with Crippen LogP contribution in [-0.4, -0.2) is 22.4 Å². The quantitative estimate of drug-likeness (QED) is 0.724. The van der Waals surface area contributed by atoms with Crippen molar-refractivity contribution in [3.8, 4) is 0 Å². The van der Waals surface area contributed by atoms with E-state index < -0.39 is 0 Å². The minimum Gasteiger partial charge on any atom is -0.389 e. The van der Waals surface area contributed by atoms with Crippen molar-refractivity contribution in [2.45, 2.75) is 90.4 Å². The summed E-state index contributed by atoms with van der Waals surface area (Å²) < 4.78 is 7.11. The van der Waals surface area contributed by atoms with E-state index in [9.17, 15) is 5.11 Å². The lowest BCUT2D eigenvalue weighted by Crippen LogP contribution is -2.68.